The molecule has 2 heterocycles. The Kier molecular flexibility index (Phi) is 8.72. The van der Waals surface area contributed by atoms with Crippen LogP contribution in [-0.2, 0) is 16.1 Å². The quantitative estimate of drug-likeness (QED) is 0.214. The number of nitrogens with zero attached hydrogens (tertiary/aromatic N) is 2. The summed E-state index contributed by atoms with van der Waals surface area (Å²) in [4.78, 5) is 30.2. The predicted molar refractivity (Wildman–Crippen MR) is 157 cm³/mol. The smallest absolute Gasteiger partial charge is 0.434 e. The topological polar surface area (TPSA) is 69.9 Å². The molecular weight excluding hydrogens is 657 g/mol. The second-order valence-electron chi connectivity index (χ2n) is 9.10. The molecule has 5 rings (SSSR count). The number of rotatable bonds is 7. The highest BCUT2D eigenvalue weighted by Crippen LogP contribution is 2.38. The number of carbonyl (C=O) groups is 1. The van der Waals surface area contributed by atoms with Crippen LogP contribution in [0.25, 0.3) is 6.08 Å². The lowest BCUT2D eigenvalue weighted by atomic mass is 9.95. The lowest BCUT2D eigenvalue weighted by Crippen LogP contribution is -2.41. The van der Waals surface area contributed by atoms with Crippen LogP contribution in [0.3, 0.4) is 0 Å². The van der Waals surface area contributed by atoms with Gasteiger partial charge in [0, 0.05) is 9.50 Å². The van der Waals surface area contributed by atoms with Gasteiger partial charge in [-0.25, -0.2) is 9.79 Å². The van der Waals surface area contributed by atoms with Gasteiger partial charge in [-0.05, 0) is 66.1 Å². The number of thiazole rings is 1. The third-order valence-electron chi connectivity index (χ3n) is 6.28. The van der Waals surface area contributed by atoms with Crippen LogP contribution in [0.15, 0.2) is 98.3 Å². The molecule has 42 heavy (non-hydrogen) atoms. The molecule has 6 nitrogen and oxygen atoms in total. The molecule has 0 N–H and O–H groups in total. The van der Waals surface area contributed by atoms with E-state index in [2.05, 4.69) is 20.9 Å². The van der Waals surface area contributed by atoms with Gasteiger partial charge < -0.3 is 9.47 Å². The fourth-order valence-corrected chi connectivity index (χ4v) is 5.75. The Labute approximate surface area is 255 Å². The normalized spacial score (nSPS) is 15.3. The lowest BCUT2D eigenvalue weighted by Gasteiger charge is -2.26. The molecule has 0 amide bonds. The van der Waals surface area contributed by atoms with Gasteiger partial charge in [0.1, 0.15) is 12.4 Å². The van der Waals surface area contributed by atoms with Crippen LogP contribution in [0.1, 0.15) is 29.7 Å². The van der Waals surface area contributed by atoms with Gasteiger partial charge in [-0.2, -0.15) is 13.2 Å². The zero-order valence-corrected chi connectivity index (χ0v) is 25.0. The second kappa shape index (κ2) is 12.3. The molecule has 0 aliphatic carbocycles. The van der Waals surface area contributed by atoms with Crippen molar-refractivity contribution in [1.82, 2.24) is 4.57 Å². The number of alkyl halides is 3. The summed E-state index contributed by atoms with van der Waals surface area (Å²) in [6.45, 7) is 1.68. The first-order valence-electron chi connectivity index (χ1n) is 12.6. The van der Waals surface area contributed by atoms with E-state index in [1.54, 1.807) is 30.3 Å². The summed E-state index contributed by atoms with van der Waals surface area (Å²) < 4.78 is 55.7. The number of ether oxygens (including phenoxy) is 2. The maximum atomic E-state index is 14.2. The SMILES string of the molecule is CCOC(=O)C1=C(C(F)(F)F)N=c2s/c(=C\c3ccc(OCc4ccc(Br)cc4)cc3)c(=O)n2[C@@H]1c1ccc(Cl)cc1. The van der Waals surface area contributed by atoms with Crippen molar-refractivity contribution in [1.29, 1.82) is 0 Å². The number of fused-ring (bicyclic) bond motifs is 1. The fourth-order valence-electron chi connectivity index (χ4n) is 4.36. The van der Waals surface area contributed by atoms with Crippen LogP contribution < -0.4 is 19.6 Å². The number of carbonyl (C=O) groups excluding carboxylic acids is 1. The Bertz CT molecular complexity index is 1830. The Balaban J connectivity index is 1.56. The number of hydrogen-bond donors (Lipinski definition) is 0. The largest absolute Gasteiger partial charge is 0.489 e. The van der Waals surface area contributed by atoms with Crippen LogP contribution in [0.4, 0.5) is 13.2 Å². The summed E-state index contributed by atoms with van der Waals surface area (Å²) in [7, 11) is 0. The number of hydrogen-bond acceptors (Lipinski definition) is 6. The van der Waals surface area contributed by atoms with Crippen LogP contribution >= 0.6 is 38.9 Å². The lowest BCUT2D eigenvalue weighted by molar-refractivity contribution is -0.140. The van der Waals surface area contributed by atoms with Crippen molar-refractivity contribution in [3.05, 3.63) is 130 Å². The van der Waals surface area contributed by atoms with Crippen molar-refractivity contribution in [2.75, 3.05) is 6.61 Å². The molecule has 12 heteroatoms. The molecule has 1 aromatic heterocycles. The molecule has 4 aromatic rings. The molecule has 1 aliphatic heterocycles. The van der Waals surface area contributed by atoms with Crippen molar-refractivity contribution >= 4 is 50.9 Å². The van der Waals surface area contributed by atoms with Gasteiger partial charge in [-0.1, -0.05) is 75.3 Å². The number of allylic oxidation sites excluding steroid dienone is 1. The molecule has 0 saturated heterocycles. The van der Waals surface area contributed by atoms with E-state index in [1.165, 1.54) is 31.2 Å². The number of aromatic nitrogens is 1. The molecule has 3 aromatic carbocycles. The van der Waals surface area contributed by atoms with E-state index in [9.17, 15) is 22.8 Å². The summed E-state index contributed by atoms with van der Waals surface area (Å²) in [5, 5.41) is 0.341. The van der Waals surface area contributed by atoms with Crippen LogP contribution in [0.2, 0.25) is 5.02 Å². The van der Waals surface area contributed by atoms with Gasteiger partial charge in [0.25, 0.3) is 5.56 Å². The fraction of sp³-hybridized carbons (Fsp3) is 0.167. The molecule has 0 radical (unpaired) electrons. The van der Waals surface area contributed by atoms with Gasteiger partial charge in [-0.15, -0.1) is 0 Å². The van der Waals surface area contributed by atoms with E-state index in [1.807, 2.05) is 24.3 Å². The standard InChI is InChI=1S/C30H21BrClF3N2O4S/c1-2-40-28(39)24-25(19-7-11-21(32)12-8-19)37-27(38)23(42-29(37)36-26(24)30(33,34)35)15-17-5-13-22(14-6-17)41-16-18-3-9-20(31)10-4-18/h3-15,25H,2,16H2,1H3/b23-15-/t25-/m1/s1. The number of halogens is 5. The monoisotopic (exact) mass is 676 g/mol. The highest BCUT2D eigenvalue weighted by molar-refractivity contribution is 9.10. The highest BCUT2D eigenvalue weighted by atomic mass is 79.9. The van der Waals surface area contributed by atoms with Gasteiger partial charge >= 0.3 is 12.1 Å². The van der Waals surface area contributed by atoms with Crippen molar-refractivity contribution in [2.24, 2.45) is 4.99 Å². The minimum atomic E-state index is -4.98. The summed E-state index contributed by atoms with van der Waals surface area (Å²) in [6.07, 6.45) is -3.42. The van der Waals surface area contributed by atoms with Crippen LogP contribution in [0.5, 0.6) is 5.75 Å². The molecule has 0 fully saturated rings. The molecule has 1 atom stereocenters. The third-order valence-corrected chi connectivity index (χ3v) is 8.04. The van der Waals surface area contributed by atoms with Crippen molar-refractivity contribution < 1.29 is 27.4 Å². The Morgan fingerprint density at radius 3 is 2.36 bits per heavy atom. The molecule has 1 aliphatic rings. The molecular formula is C30H21BrClF3N2O4S. The van der Waals surface area contributed by atoms with E-state index < -0.39 is 35.0 Å². The average molecular weight is 678 g/mol. The highest BCUT2D eigenvalue weighted by Gasteiger charge is 2.45. The van der Waals surface area contributed by atoms with Crippen LogP contribution in [-0.4, -0.2) is 23.3 Å². The first kappa shape index (κ1) is 29.8. The van der Waals surface area contributed by atoms with Gasteiger partial charge in [0.2, 0.25) is 0 Å². The first-order valence-corrected chi connectivity index (χ1v) is 14.6. The first-order chi connectivity index (χ1) is 20.0. The zero-order chi connectivity index (χ0) is 30.0. The minimum absolute atomic E-state index is 0.142. The summed E-state index contributed by atoms with van der Waals surface area (Å²) >= 11 is 10.2. The van der Waals surface area contributed by atoms with Crippen LogP contribution in [0, 0.1) is 0 Å². The van der Waals surface area contributed by atoms with E-state index >= 15 is 0 Å². The Hall–Kier alpha value is -3.67. The maximum absolute atomic E-state index is 14.2. The maximum Gasteiger partial charge on any atom is 0.434 e. The molecule has 0 spiro atoms. The molecule has 216 valence electrons. The Morgan fingerprint density at radius 2 is 1.74 bits per heavy atom. The summed E-state index contributed by atoms with van der Waals surface area (Å²) in [5.74, 6) is -0.602. The number of esters is 1. The second-order valence-corrected chi connectivity index (χ2v) is 11.5. The predicted octanol–water partition coefficient (Wildman–Crippen LogP) is 6.34. The number of benzene rings is 3. The van der Waals surface area contributed by atoms with E-state index in [-0.39, 0.29) is 21.5 Å². The zero-order valence-electron chi connectivity index (χ0n) is 21.8. The summed E-state index contributed by atoms with van der Waals surface area (Å²) in [5.41, 5.74) is -0.908. The molecule has 0 unspecified atom stereocenters. The van der Waals surface area contributed by atoms with E-state index in [0.29, 0.717) is 22.9 Å². The summed E-state index contributed by atoms with van der Waals surface area (Å²) in [6, 6.07) is 19.1. The van der Waals surface area contributed by atoms with Crippen molar-refractivity contribution in [2.45, 2.75) is 25.7 Å². The molecule has 0 saturated carbocycles. The van der Waals surface area contributed by atoms with Gasteiger partial charge in [0.05, 0.1) is 22.8 Å². The third kappa shape index (κ3) is 6.38. The van der Waals surface area contributed by atoms with Crippen molar-refractivity contribution in [3.8, 4) is 5.75 Å². The van der Waals surface area contributed by atoms with E-state index in [4.69, 9.17) is 21.1 Å². The average Bonchev–Trinajstić information content (AvgIpc) is 3.27. The van der Waals surface area contributed by atoms with E-state index in [0.717, 1.165) is 25.9 Å². The molecule has 0 bridgehead atoms. The van der Waals surface area contributed by atoms with Gasteiger partial charge in [-0.3, -0.25) is 9.36 Å². The minimum Gasteiger partial charge on any atom is -0.489 e. The van der Waals surface area contributed by atoms with Gasteiger partial charge in [0.15, 0.2) is 10.5 Å². The Morgan fingerprint density at radius 1 is 1.07 bits per heavy atom. The van der Waals surface area contributed by atoms with Crippen molar-refractivity contribution in [3.63, 3.8) is 0 Å².